The second-order valence-electron chi connectivity index (χ2n) is 6.89. The van der Waals surface area contributed by atoms with Crippen LogP contribution in [0.2, 0.25) is 10.0 Å². The normalized spacial score (nSPS) is 11.4. The lowest BCUT2D eigenvalue weighted by molar-refractivity contribution is -0.129. The number of benzene rings is 2. The van der Waals surface area contributed by atoms with E-state index in [1.165, 1.54) is 18.2 Å². The second kappa shape index (κ2) is 9.99. The van der Waals surface area contributed by atoms with E-state index in [9.17, 15) is 13.2 Å². The van der Waals surface area contributed by atoms with E-state index in [1.807, 2.05) is 12.3 Å². The summed E-state index contributed by atoms with van der Waals surface area (Å²) in [5, 5.41) is 3.46. The van der Waals surface area contributed by atoms with Gasteiger partial charge in [-0.3, -0.25) is 9.52 Å². The lowest BCUT2D eigenvalue weighted by atomic mass is 10.1. The molecule has 0 aliphatic rings. The highest BCUT2D eigenvalue weighted by atomic mass is 35.5. The van der Waals surface area contributed by atoms with E-state index in [0.29, 0.717) is 12.2 Å². The van der Waals surface area contributed by atoms with Gasteiger partial charge in [0.2, 0.25) is 5.91 Å². The van der Waals surface area contributed by atoms with Gasteiger partial charge in [0.25, 0.3) is 10.0 Å². The maximum absolute atomic E-state index is 12.5. The molecular weight excluding hydrogens is 477 g/mol. The van der Waals surface area contributed by atoms with Gasteiger partial charge < -0.3 is 4.90 Å². The summed E-state index contributed by atoms with van der Waals surface area (Å²) in [6, 6.07) is 10.8. The molecule has 3 rings (SSSR count). The number of nitrogens with one attached hydrogen (secondary N) is 1. The van der Waals surface area contributed by atoms with E-state index in [2.05, 4.69) is 9.71 Å². The van der Waals surface area contributed by atoms with Crippen LogP contribution in [-0.4, -0.2) is 31.3 Å². The maximum Gasteiger partial charge on any atom is 0.261 e. The average molecular weight is 498 g/mol. The highest BCUT2D eigenvalue weighted by Gasteiger charge is 2.16. The van der Waals surface area contributed by atoms with E-state index >= 15 is 0 Å². The summed E-state index contributed by atoms with van der Waals surface area (Å²) in [6.07, 6.45) is 1.09. The van der Waals surface area contributed by atoms with Crippen molar-refractivity contribution in [2.75, 3.05) is 11.8 Å². The predicted octanol–water partition coefficient (Wildman–Crippen LogP) is 5.01. The first-order valence-corrected chi connectivity index (χ1v) is 12.5. The number of nitrogens with zero attached hydrogens (tertiary/aromatic N) is 2. The van der Waals surface area contributed by atoms with Crippen LogP contribution < -0.4 is 4.72 Å². The Hall–Kier alpha value is -2.13. The molecule has 1 amide bonds. The molecule has 0 aliphatic heterocycles. The number of likely N-dealkylation sites (N-methyl/N-ethyl adjacent to an activating group) is 1. The Bertz CT molecular complexity index is 1180. The summed E-state index contributed by atoms with van der Waals surface area (Å²) < 4.78 is 27.6. The van der Waals surface area contributed by atoms with Gasteiger partial charge in [0.1, 0.15) is 0 Å². The molecule has 0 unspecified atom stereocenters. The molecule has 0 saturated carbocycles. The molecule has 0 saturated heterocycles. The molecule has 0 atom stereocenters. The number of anilines is 1. The third kappa shape index (κ3) is 6.20. The standard InChI is InChI=1S/C21H21Cl2N3O3S2/c1-3-20-24-16(13-30-20)12-26(2)21(27)10-14-4-6-15(7-5-14)25-31(28,29)17-8-9-18(22)19(23)11-17/h4-9,11,13,25H,3,10,12H2,1-2H3. The molecule has 0 radical (unpaired) electrons. The Kier molecular flexibility index (Phi) is 7.59. The number of amides is 1. The molecule has 10 heteroatoms. The fourth-order valence-corrected chi connectivity index (χ4v) is 4.96. The number of sulfonamides is 1. The highest BCUT2D eigenvalue weighted by molar-refractivity contribution is 7.92. The highest BCUT2D eigenvalue weighted by Crippen LogP contribution is 2.26. The summed E-state index contributed by atoms with van der Waals surface area (Å²) in [6.45, 7) is 2.50. The third-order valence-corrected chi connectivity index (χ3v) is 7.65. The topological polar surface area (TPSA) is 79.4 Å². The minimum absolute atomic E-state index is 0.0102. The number of aromatic nitrogens is 1. The summed E-state index contributed by atoms with van der Waals surface area (Å²) in [5.74, 6) is -0.0461. The number of carbonyl (C=O) groups excluding carboxylic acids is 1. The molecule has 164 valence electrons. The van der Waals surface area contributed by atoms with Gasteiger partial charge >= 0.3 is 0 Å². The van der Waals surface area contributed by atoms with Gasteiger partial charge in [0.05, 0.1) is 38.6 Å². The van der Waals surface area contributed by atoms with E-state index in [1.54, 1.807) is 47.5 Å². The van der Waals surface area contributed by atoms with Crippen molar-refractivity contribution in [3.63, 3.8) is 0 Å². The zero-order valence-electron chi connectivity index (χ0n) is 16.9. The van der Waals surface area contributed by atoms with Crippen LogP contribution in [-0.2, 0) is 34.2 Å². The molecule has 0 aliphatic carbocycles. The number of hydrogen-bond acceptors (Lipinski definition) is 5. The van der Waals surface area contributed by atoms with Crippen LogP contribution in [0.1, 0.15) is 23.2 Å². The van der Waals surface area contributed by atoms with Crippen molar-refractivity contribution < 1.29 is 13.2 Å². The SMILES string of the molecule is CCc1nc(CN(C)C(=O)Cc2ccc(NS(=O)(=O)c3ccc(Cl)c(Cl)c3)cc2)cs1. The van der Waals surface area contributed by atoms with Crippen molar-refractivity contribution in [2.45, 2.75) is 31.2 Å². The van der Waals surface area contributed by atoms with E-state index in [-0.39, 0.29) is 27.3 Å². The number of halogens is 2. The Balaban J connectivity index is 1.61. The van der Waals surface area contributed by atoms with Gasteiger partial charge in [0, 0.05) is 18.1 Å². The number of aryl methyl sites for hydroxylation is 1. The number of thiazole rings is 1. The van der Waals surface area contributed by atoms with Crippen LogP contribution in [0.5, 0.6) is 0 Å². The number of hydrogen-bond donors (Lipinski definition) is 1. The van der Waals surface area contributed by atoms with Crippen LogP contribution in [0.15, 0.2) is 52.7 Å². The Morgan fingerprint density at radius 1 is 1.13 bits per heavy atom. The average Bonchev–Trinajstić information content (AvgIpc) is 3.18. The summed E-state index contributed by atoms with van der Waals surface area (Å²) >= 11 is 13.4. The first kappa shape index (κ1) is 23.5. The van der Waals surface area contributed by atoms with Crippen molar-refractivity contribution in [3.05, 3.63) is 74.2 Å². The summed E-state index contributed by atoms with van der Waals surface area (Å²) in [4.78, 5) is 18.6. The zero-order chi connectivity index (χ0) is 22.6. The van der Waals surface area contributed by atoms with Crippen LogP contribution >= 0.6 is 34.5 Å². The summed E-state index contributed by atoms with van der Waals surface area (Å²) in [7, 11) is -2.07. The van der Waals surface area contributed by atoms with Crippen LogP contribution in [0.4, 0.5) is 5.69 Å². The van der Waals surface area contributed by atoms with Crippen molar-refractivity contribution in [1.29, 1.82) is 0 Å². The molecule has 1 heterocycles. The van der Waals surface area contributed by atoms with Gasteiger partial charge in [-0.15, -0.1) is 11.3 Å². The van der Waals surface area contributed by atoms with Crippen molar-refractivity contribution >= 4 is 56.2 Å². The molecule has 2 aromatic carbocycles. The molecular formula is C21H21Cl2N3O3S2. The van der Waals surface area contributed by atoms with Gasteiger partial charge in [-0.1, -0.05) is 42.3 Å². The van der Waals surface area contributed by atoms with Crippen molar-refractivity contribution in [3.8, 4) is 0 Å². The van der Waals surface area contributed by atoms with Crippen LogP contribution in [0.3, 0.4) is 0 Å². The lowest BCUT2D eigenvalue weighted by Crippen LogP contribution is -2.27. The van der Waals surface area contributed by atoms with Crippen molar-refractivity contribution in [2.24, 2.45) is 0 Å². The molecule has 0 bridgehead atoms. The van der Waals surface area contributed by atoms with Gasteiger partial charge in [-0.25, -0.2) is 13.4 Å². The number of carbonyl (C=O) groups is 1. The minimum atomic E-state index is -3.81. The zero-order valence-corrected chi connectivity index (χ0v) is 20.1. The van der Waals surface area contributed by atoms with E-state index in [4.69, 9.17) is 23.2 Å². The van der Waals surface area contributed by atoms with Crippen LogP contribution in [0, 0.1) is 0 Å². The van der Waals surface area contributed by atoms with Gasteiger partial charge in [-0.05, 0) is 42.3 Å². The summed E-state index contributed by atoms with van der Waals surface area (Å²) in [5.41, 5.74) is 2.04. The lowest BCUT2D eigenvalue weighted by Gasteiger charge is -2.16. The van der Waals surface area contributed by atoms with E-state index in [0.717, 1.165) is 22.7 Å². The van der Waals surface area contributed by atoms with Gasteiger partial charge in [-0.2, -0.15) is 0 Å². The van der Waals surface area contributed by atoms with E-state index < -0.39 is 10.0 Å². The monoisotopic (exact) mass is 497 g/mol. The maximum atomic E-state index is 12.5. The number of rotatable bonds is 8. The molecule has 0 spiro atoms. The molecule has 3 aromatic rings. The fourth-order valence-electron chi connectivity index (χ4n) is 2.77. The molecule has 1 N–H and O–H groups in total. The quantitative estimate of drug-likeness (QED) is 0.473. The third-order valence-electron chi connectivity index (χ3n) is 4.49. The molecule has 0 fully saturated rings. The Labute approximate surface area is 195 Å². The minimum Gasteiger partial charge on any atom is -0.340 e. The first-order valence-electron chi connectivity index (χ1n) is 9.42. The van der Waals surface area contributed by atoms with Crippen LogP contribution in [0.25, 0.3) is 0 Å². The second-order valence-corrected chi connectivity index (χ2v) is 10.3. The molecule has 31 heavy (non-hydrogen) atoms. The molecule has 6 nitrogen and oxygen atoms in total. The first-order chi connectivity index (χ1) is 14.7. The predicted molar refractivity (Wildman–Crippen MR) is 125 cm³/mol. The largest absolute Gasteiger partial charge is 0.340 e. The Morgan fingerprint density at radius 2 is 1.84 bits per heavy atom. The fraction of sp³-hybridized carbons (Fsp3) is 0.238. The Morgan fingerprint density at radius 3 is 2.45 bits per heavy atom. The van der Waals surface area contributed by atoms with Gasteiger partial charge in [0.15, 0.2) is 0 Å². The molecule has 1 aromatic heterocycles. The smallest absolute Gasteiger partial charge is 0.261 e. The van der Waals surface area contributed by atoms with Crippen molar-refractivity contribution in [1.82, 2.24) is 9.88 Å².